The molecule has 27 heavy (non-hydrogen) atoms. The van der Waals surface area contributed by atoms with E-state index >= 15 is 0 Å². The second-order valence-electron chi connectivity index (χ2n) is 6.41. The van der Waals surface area contributed by atoms with Gasteiger partial charge in [0.15, 0.2) is 0 Å². The van der Waals surface area contributed by atoms with Gasteiger partial charge in [-0.2, -0.15) is 0 Å². The average molecular weight is 366 g/mol. The third kappa shape index (κ3) is 3.21. The summed E-state index contributed by atoms with van der Waals surface area (Å²) in [5.74, 6) is 1.79. The first kappa shape index (κ1) is 17.0. The van der Waals surface area contributed by atoms with Gasteiger partial charge in [-0.1, -0.05) is 12.1 Å². The summed E-state index contributed by atoms with van der Waals surface area (Å²) < 4.78 is 10.7. The van der Waals surface area contributed by atoms with Crippen LogP contribution in [0.25, 0.3) is 11.3 Å². The van der Waals surface area contributed by atoms with Crippen molar-refractivity contribution in [1.29, 1.82) is 0 Å². The second kappa shape index (κ2) is 6.71. The van der Waals surface area contributed by atoms with Gasteiger partial charge in [0.1, 0.15) is 11.4 Å². The number of ether oxygens (including phenoxy) is 2. The van der Waals surface area contributed by atoms with E-state index in [1.54, 1.807) is 20.3 Å². The van der Waals surface area contributed by atoms with Crippen molar-refractivity contribution in [3.63, 3.8) is 0 Å². The summed E-state index contributed by atoms with van der Waals surface area (Å²) in [5.41, 5.74) is 1.64. The standard InChI is InChI=1S/C19H18N4O4/c1-26-11-5-3-4-10(6-11)12-7-13(12)14-8-16(22-23-18(14)27-2)15-9-20-19(25)21-17(15)24/h3-6,8-9,12-13H,7H2,1-2H3,(H2,20,21,24,25)/t12-,13+/m1/s1. The zero-order chi connectivity index (χ0) is 19.0. The van der Waals surface area contributed by atoms with Crippen LogP contribution in [-0.2, 0) is 0 Å². The molecule has 0 radical (unpaired) electrons. The van der Waals surface area contributed by atoms with Crippen molar-refractivity contribution in [2.24, 2.45) is 0 Å². The zero-order valence-electron chi connectivity index (χ0n) is 14.9. The van der Waals surface area contributed by atoms with E-state index in [4.69, 9.17) is 9.47 Å². The van der Waals surface area contributed by atoms with Crippen molar-refractivity contribution in [2.45, 2.75) is 18.3 Å². The average Bonchev–Trinajstić information content (AvgIpc) is 3.48. The zero-order valence-corrected chi connectivity index (χ0v) is 14.9. The molecular formula is C19H18N4O4. The van der Waals surface area contributed by atoms with Crippen LogP contribution in [0.15, 0.2) is 46.1 Å². The topological polar surface area (TPSA) is 110 Å². The number of methoxy groups -OCH3 is 2. The lowest BCUT2D eigenvalue weighted by atomic mass is 10.0. The Balaban J connectivity index is 1.70. The lowest BCUT2D eigenvalue weighted by Gasteiger charge is -2.09. The predicted octanol–water partition coefficient (Wildman–Crippen LogP) is 1.81. The largest absolute Gasteiger partial charge is 0.497 e. The Morgan fingerprint density at radius 1 is 1.07 bits per heavy atom. The molecule has 2 atom stereocenters. The van der Waals surface area contributed by atoms with E-state index in [9.17, 15) is 9.59 Å². The van der Waals surface area contributed by atoms with E-state index in [1.165, 1.54) is 11.8 Å². The number of nitrogens with one attached hydrogen (secondary N) is 2. The third-order valence-electron chi connectivity index (χ3n) is 4.79. The van der Waals surface area contributed by atoms with Crippen LogP contribution in [-0.4, -0.2) is 34.4 Å². The van der Waals surface area contributed by atoms with Crippen molar-refractivity contribution in [3.05, 3.63) is 68.5 Å². The molecule has 0 amide bonds. The normalized spacial score (nSPS) is 18.1. The minimum atomic E-state index is -0.564. The minimum Gasteiger partial charge on any atom is -0.497 e. The van der Waals surface area contributed by atoms with Crippen molar-refractivity contribution < 1.29 is 9.47 Å². The van der Waals surface area contributed by atoms with Gasteiger partial charge in [0.05, 0.1) is 19.8 Å². The Morgan fingerprint density at radius 3 is 2.67 bits per heavy atom. The number of hydrogen-bond acceptors (Lipinski definition) is 6. The molecule has 8 nitrogen and oxygen atoms in total. The van der Waals surface area contributed by atoms with Gasteiger partial charge in [0, 0.05) is 11.8 Å². The highest BCUT2D eigenvalue weighted by Crippen LogP contribution is 2.56. The molecule has 1 aliphatic carbocycles. The van der Waals surface area contributed by atoms with Gasteiger partial charge in [-0.3, -0.25) is 9.78 Å². The first-order valence-corrected chi connectivity index (χ1v) is 8.48. The van der Waals surface area contributed by atoms with Crippen LogP contribution in [0.3, 0.4) is 0 Å². The molecule has 138 valence electrons. The van der Waals surface area contributed by atoms with Crippen LogP contribution in [0.1, 0.15) is 29.4 Å². The van der Waals surface area contributed by atoms with Crippen LogP contribution in [0, 0.1) is 0 Å². The number of hydrogen-bond donors (Lipinski definition) is 2. The van der Waals surface area contributed by atoms with Crippen molar-refractivity contribution in [2.75, 3.05) is 14.2 Å². The van der Waals surface area contributed by atoms with Gasteiger partial charge >= 0.3 is 5.69 Å². The summed E-state index contributed by atoms with van der Waals surface area (Å²) >= 11 is 0. The van der Waals surface area contributed by atoms with E-state index < -0.39 is 11.2 Å². The Morgan fingerprint density at radius 2 is 1.93 bits per heavy atom. The summed E-state index contributed by atoms with van der Waals surface area (Å²) in [6.45, 7) is 0. The van der Waals surface area contributed by atoms with Crippen LogP contribution >= 0.6 is 0 Å². The second-order valence-corrected chi connectivity index (χ2v) is 6.41. The fourth-order valence-corrected chi connectivity index (χ4v) is 3.33. The van der Waals surface area contributed by atoms with Gasteiger partial charge in [0.2, 0.25) is 5.88 Å². The fraction of sp³-hybridized carbons (Fsp3) is 0.263. The molecule has 0 aliphatic heterocycles. The molecule has 4 rings (SSSR count). The molecule has 1 fully saturated rings. The first-order valence-electron chi connectivity index (χ1n) is 8.48. The molecule has 0 saturated heterocycles. The van der Waals surface area contributed by atoms with Gasteiger partial charge < -0.3 is 14.5 Å². The van der Waals surface area contributed by atoms with Gasteiger partial charge in [0.25, 0.3) is 5.56 Å². The van der Waals surface area contributed by atoms with E-state index in [1.807, 2.05) is 18.2 Å². The van der Waals surface area contributed by atoms with E-state index in [0.717, 1.165) is 17.7 Å². The molecule has 8 heteroatoms. The summed E-state index contributed by atoms with van der Waals surface area (Å²) in [4.78, 5) is 27.9. The number of rotatable bonds is 5. The molecular weight excluding hydrogens is 348 g/mol. The molecule has 1 saturated carbocycles. The lowest BCUT2D eigenvalue weighted by Crippen LogP contribution is -2.23. The summed E-state index contributed by atoms with van der Waals surface area (Å²) in [6.07, 6.45) is 2.28. The van der Waals surface area contributed by atoms with Gasteiger partial charge in [-0.05, 0) is 42.0 Å². The molecule has 0 spiro atoms. The van der Waals surface area contributed by atoms with Crippen molar-refractivity contribution >= 4 is 0 Å². The number of benzene rings is 1. The highest BCUT2D eigenvalue weighted by Gasteiger charge is 2.42. The number of nitrogens with zero attached hydrogens (tertiary/aromatic N) is 2. The molecule has 3 aromatic rings. The number of H-pyrrole nitrogens is 2. The maximum Gasteiger partial charge on any atom is 0.325 e. The summed E-state index contributed by atoms with van der Waals surface area (Å²) in [5, 5.41) is 8.19. The summed E-state index contributed by atoms with van der Waals surface area (Å²) in [7, 11) is 3.19. The first-order chi connectivity index (χ1) is 13.1. The molecule has 0 bridgehead atoms. The number of aromatic nitrogens is 4. The molecule has 2 heterocycles. The third-order valence-corrected chi connectivity index (χ3v) is 4.79. The Hall–Kier alpha value is -3.42. The van der Waals surface area contributed by atoms with E-state index in [2.05, 4.69) is 26.2 Å². The van der Waals surface area contributed by atoms with Crippen LogP contribution < -0.4 is 20.7 Å². The van der Waals surface area contributed by atoms with Crippen molar-refractivity contribution in [3.8, 4) is 22.9 Å². The molecule has 0 unspecified atom stereocenters. The predicted molar refractivity (Wildman–Crippen MR) is 98.4 cm³/mol. The maximum atomic E-state index is 12.1. The molecule has 1 aromatic carbocycles. The van der Waals surface area contributed by atoms with Gasteiger partial charge in [-0.15, -0.1) is 10.2 Å². The highest BCUT2D eigenvalue weighted by molar-refractivity contribution is 5.59. The molecule has 2 N–H and O–H groups in total. The highest BCUT2D eigenvalue weighted by atomic mass is 16.5. The SMILES string of the molecule is COc1cccc([C@H]2C[C@@H]2c2cc(-c3c[nH]c(=O)[nH]c3=O)nnc2OC)c1. The minimum absolute atomic E-state index is 0.211. The van der Waals surface area contributed by atoms with Crippen LogP contribution in [0.4, 0.5) is 0 Å². The lowest BCUT2D eigenvalue weighted by molar-refractivity contribution is 0.386. The van der Waals surface area contributed by atoms with Crippen molar-refractivity contribution in [1.82, 2.24) is 20.2 Å². The van der Waals surface area contributed by atoms with Gasteiger partial charge in [-0.25, -0.2) is 4.79 Å². The van der Waals surface area contributed by atoms with Crippen LogP contribution in [0.5, 0.6) is 11.6 Å². The summed E-state index contributed by atoms with van der Waals surface area (Å²) in [6, 6.07) is 9.79. The van der Waals surface area contributed by atoms with Crippen LogP contribution in [0.2, 0.25) is 0 Å². The Bertz CT molecular complexity index is 1110. The monoisotopic (exact) mass is 366 g/mol. The Labute approximate surface area is 154 Å². The maximum absolute atomic E-state index is 12.1. The number of aromatic amines is 2. The molecule has 1 aliphatic rings. The quantitative estimate of drug-likeness (QED) is 0.713. The van der Waals surface area contributed by atoms with E-state index in [0.29, 0.717) is 17.5 Å². The Kier molecular flexibility index (Phi) is 4.23. The molecule has 2 aromatic heterocycles. The van der Waals surface area contributed by atoms with E-state index in [-0.39, 0.29) is 11.5 Å². The smallest absolute Gasteiger partial charge is 0.325 e. The fourth-order valence-electron chi connectivity index (χ4n) is 3.33.